The Morgan fingerprint density at radius 3 is 2.54 bits per heavy atom. The number of rotatable bonds is 12. The van der Waals surface area contributed by atoms with Crippen molar-refractivity contribution in [1.82, 2.24) is 19.6 Å². The van der Waals surface area contributed by atoms with Crippen LogP contribution in [0.2, 0.25) is 0 Å². The molecule has 2 aromatic rings. The van der Waals surface area contributed by atoms with Crippen LogP contribution in [0.5, 0.6) is 5.88 Å². The molecule has 0 aliphatic rings. The Kier molecular flexibility index (Phi) is 8.32. The zero-order valence-electron chi connectivity index (χ0n) is 14.7. The molecule has 0 radical (unpaired) electrons. The maximum Gasteiger partial charge on any atom is 0.347 e. The lowest BCUT2D eigenvalue weighted by atomic mass is 10.2. The van der Waals surface area contributed by atoms with Gasteiger partial charge in [-0.2, -0.15) is 0 Å². The molecule has 2 heterocycles. The molecule has 0 N–H and O–H groups in total. The van der Waals surface area contributed by atoms with E-state index in [-0.39, 0.29) is 0 Å². The summed E-state index contributed by atoms with van der Waals surface area (Å²) in [6, 6.07) is 0. The Labute approximate surface area is 147 Å². The first-order chi connectivity index (χ1) is 11.8. The molecule has 1 unspecified atom stereocenters. The number of aromatic nitrogens is 4. The third kappa shape index (κ3) is 5.34. The second kappa shape index (κ2) is 10.5. The van der Waals surface area contributed by atoms with E-state index < -0.39 is 11.2 Å². The summed E-state index contributed by atoms with van der Waals surface area (Å²) in [6.07, 6.45) is 12.4. The molecule has 0 bridgehead atoms. The number of ether oxygens (including phenoxy) is 1. The summed E-state index contributed by atoms with van der Waals surface area (Å²) in [6.45, 7) is 4.95. The molecule has 0 saturated carbocycles. The molecule has 134 valence electrons. The van der Waals surface area contributed by atoms with Crippen LogP contribution in [0.25, 0.3) is 5.65 Å². The number of unbranched alkanes of at least 4 members (excludes halogenated alkanes) is 6. The minimum atomic E-state index is -1.16. The quantitative estimate of drug-likeness (QED) is 0.429. The van der Waals surface area contributed by atoms with Gasteiger partial charge in [0.25, 0.3) is 5.88 Å². The van der Waals surface area contributed by atoms with Gasteiger partial charge < -0.3 is 9.29 Å². The highest BCUT2D eigenvalue weighted by Crippen LogP contribution is 2.19. The molecule has 0 saturated heterocycles. The van der Waals surface area contributed by atoms with Crippen LogP contribution < -0.4 is 4.74 Å². The minimum Gasteiger partial charge on any atom is -0.609 e. The predicted octanol–water partition coefficient (Wildman–Crippen LogP) is 3.77. The van der Waals surface area contributed by atoms with Gasteiger partial charge in [-0.05, 0) is 19.3 Å². The molecule has 6 nitrogen and oxygen atoms in total. The Balaban J connectivity index is 1.98. The number of hydrogen-bond acceptors (Lipinski definition) is 5. The highest BCUT2D eigenvalue weighted by atomic mass is 32.2. The lowest BCUT2D eigenvalue weighted by Crippen LogP contribution is -2.15. The molecule has 2 rings (SSSR count). The van der Waals surface area contributed by atoms with Crippen molar-refractivity contribution < 1.29 is 9.29 Å². The SMILES string of the molecule is CCCCCCOc1nnc([S+]([O-])CCCCCC)n2ccnc12. The number of fused-ring (bicyclic) bond motifs is 1. The highest BCUT2D eigenvalue weighted by molar-refractivity contribution is 7.91. The van der Waals surface area contributed by atoms with Crippen molar-refractivity contribution in [3.8, 4) is 5.88 Å². The number of imidazole rings is 1. The molecular formula is C17H28N4O2S. The fourth-order valence-electron chi connectivity index (χ4n) is 2.49. The molecule has 0 aliphatic carbocycles. The molecule has 1 atom stereocenters. The van der Waals surface area contributed by atoms with E-state index in [1.807, 2.05) is 0 Å². The van der Waals surface area contributed by atoms with Gasteiger partial charge in [-0.15, -0.1) is 5.10 Å². The van der Waals surface area contributed by atoms with E-state index in [0.29, 0.717) is 29.0 Å². The zero-order chi connectivity index (χ0) is 17.2. The van der Waals surface area contributed by atoms with Gasteiger partial charge in [0.05, 0.1) is 6.61 Å². The third-order valence-corrected chi connectivity index (χ3v) is 5.23. The highest BCUT2D eigenvalue weighted by Gasteiger charge is 2.20. The molecule has 24 heavy (non-hydrogen) atoms. The van der Waals surface area contributed by atoms with Crippen LogP contribution in [-0.2, 0) is 11.2 Å². The minimum absolute atomic E-state index is 0.420. The second-order valence-corrected chi connectivity index (χ2v) is 7.39. The van der Waals surface area contributed by atoms with Gasteiger partial charge in [0.2, 0.25) is 5.65 Å². The van der Waals surface area contributed by atoms with E-state index in [1.165, 1.54) is 25.7 Å². The van der Waals surface area contributed by atoms with E-state index in [9.17, 15) is 4.55 Å². The molecule has 0 amide bonds. The molecule has 0 aromatic carbocycles. The first kappa shape index (κ1) is 19.0. The van der Waals surface area contributed by atoms with Gasteiger partial charge in [-0.1, -0.05) is 51.1 Å². The first-order valence-corrected chi connectivity index (χ1v) is 10.3. The maximum absolute atomic E-state index is 12.5. The van der Waals surface area contributed by atoms with Crippen molar-refractivity contribution in [3.05, 3.63) is 12.4 Å². The fourth-order valence-corrected chi connectivity index (χ4v) is 3.64. The summed E-state index contributed by atoms with van der Waals surface area (Å²) in [5, 5.41) is 8.71. The van der Waals surface area contributed by atoms with Crippen molar-refractivity contribution in [2.24, 2.45) is 0 Å². The molecule has 7 heteroatoms. The molecule has 0 aliphatic heterocycles. The summed E-state index contributed by atoms with van der Waals surface area (Å²) in [4.78, 5) is 4.29. The lowest BCUT2D eigenvalue weighted by Gasteiger charge is -2.11. The van der Waals surface area contributed by atoms with E-state index in [4.69, 9.17) is 4.74 Å². The predicted molar refractivity (Wildman–Crippen MR) is 95.8 cm³/mol. The van der Waals surface area contributed by atoms with E-state index in [2.05, 4.69) is 29.0 Å². The maximum atomic E-state index is 12.5. The fraction of sp³-hybridized carbons (Fsp3) is 0.706. The zero-order valence-corrected chi connectivity index (χ0v) is 15.6. The molecule has 0 fully saturated rings. The Bertz CT molecular complexity index is 605. The molecule has 2 aromatic heterocycles. The van der Waals surface area contributed by atoms with Crippen molar-refractivity contribution in [2.75, 3.05) is 12.4 Å². The average Bonchev–Trinajstić information content (AvgIpc) is 3.08. The van der Waals surface area contributed by atoms with Crippen LogP contribution in [-0.4, -0.2) is 36.5 Å². The summed E-state index contributed by atoms with van der Waals surface area (Å²) in [7, 11) is 0. The summed E-state index contributed by atoms with van der Waals surface area (Å²) in [5.41, 5.74) is 0.595. The van der Waals surface area contributed by atoms with Crippen molar-refractivity contribution in [3.63, 3.8) is 0 Å². The van der Waals surface area contributed by atoms with Crippen molar-refractivity contribution in [2.45, 2.75) is 70.4 Å². The summed E-state index contributed by atoms with van der Waals surface area (Å²) >= 11 is -1.16. The van der Waals surface area contributed by atoms with E-state index in [1.54, 1.807) is 16.8 Å². The summed E-state index contributed by atoms with van der Waals surface area (Å²) < 4.78 is 19.9. The van der Waals surface area contributed by atoms with Crippen LogP contribution in [0.15, 0.2) is 17.6 Å². The van der Waals surface area contributed by atoms with Crippen molar-refractivity contribution >= 4 is 16.8 Å². The van der Waals surface area contributed by atoms with Gasteiger partial charge in [0.1, 0.15) is 5.75 Å². The van der Waals surface area contributed by atoms with Gasteiger partial charge in [-0.25, -0.2) is 9.38 Å². The third-order valence-electron chi connectivity index (χ3n) is 3.89. The Hall–Kier alpha value is -1.34. The van der Waals surface area contributed by atoms with Crippen LogP contribution >= 0.6 is 0 Å². The van der Waals surface area contributed by atoms with Gasteiger partial charge in [0, 0.05) is 23.6 Å². The largest absolute Gasteiger partial charge is 0.609 e. The van der Waals surface area contributed by atoms with Crippen molar-refractivity contribution in [1.29, 1.82) is 0 Å². The summed E-state index contributed by atoms with van der Waals surface area (Å²) in [5.74, 6) is 1.03. The monoisotopic (exact) mass is 352 g/mol. The van der Waals surface area contributed by atoms with Gasteiger partial charge >= 0.3 is 5.16 Å². The van der Waals surface area contributed by atoms with E-state index >= 15 is 0 Å². The number of nitrogens with zero attached hydrogens (tertiary/aromatic N) is 4. The first-order valence-electron chi connectivity index (χ1n) is 8.98. The average molecular weight is 353 g/mol. The lowest BCUT2D eigenvalue weighted by molar-refractivity contribution is 0.290. The van der Waals surface area contributed by atoms with Crippen LogP contribution in [0, 0.1) is 0 Å². The van der Waals surface area contributed by atoms with Gasteiger partial charge in [-0.3, -0.25) is 0 Å². The van der Waals surface area contributed by atoms with Crippen LogP contribution in [0.1, 0.15) is 65.2 Å². The topological polar surface area (TPSA) is 75.4 Å². The van der Waals surface area contributed by atoms with Gasteiger partial charge in [0.15, 0.2) is 0 Å². The van der Waals surface area contributed by atoms with E-state index in [0.717, 1.165) is 25.7 Å². The normalized spacial score (nSPS) is 12.6. The standard InChI is InChI=1S/C17H28N4O2S/c1-3-5-7-9-13-23-16-15-18-11-12-21(15)17(20-19-16)24(22)14-10-8-6-4-2/h11-12H,3-10,13-14H2,1-2H3. The molecule has 0 spiro atoms. The smallest absolute Gasteiger partial charge is 0.347 e. The Morgan fingerprint density at radius 2 is 1.79 bits per heavy atom. The Morgan fingerprint density at radius 1 is 1.04 bits per heavy atom. The second-order valence-electron chi connectivity index (χ2n) is 5.93. The number of hydrogen-bond donors (Lipinski definition) is 0. The van der Waals surface area contributed by atoms with Crippen LogP contribution in [0.3, 0.4) is 0 Å². The molecular weight excluding hydrogens is 324 g/mol. The van der Waals surface area contributed by atoms with Crippen LogP contribution in [0.4, 0.5) is 0 Å².